The van der Waals surface area contributed by atoms with Crippen molar-refractivity contribution >= 4 is 17.2 Å². The second kappa shape index (κ2) is 7.57. The first-order valence-electron chi connectivity index (χ1n) is 8.36. The number of thiophene rings is 1. The molecule has 1 saturated carbocycles. The normalized spacial score (nSPS) is 25.5. The summed E-state index contributed by atoms with van der Waals surface area (Å²) in [5.41, 5.74) is 1.12. The maximum atomic E-state index is 12.3. The van der Waals surface area contributed by atoms with E-state index in [1.165, 1.54) is 12.8 Å². The highest BCUT2D eigenvalue weighted by Crippen LogP contribution is 2.41. The van der Waals surface area contributed by atoms with E-state index in [1.807, 2.05) is 18.4 Å². The lowest BCUT2D eigenvalue weighted by molar-refractivity contribution is -0.121. The van der Waals surface area contributed by atoms with Crippen molar-refractivity contribution in [2.24, 2.45) is 11.8 Å². The van der Waals surface area contributed by atoms with E-state index in [2.05, 4.69) is 15.6 Å². The van der Waals surface area contributed by atoms with Crippen molar-refractivity contribution in [3.05, 3.63) is 22.4 Å². The molecule has 2 atom stereocenters. The Morgan fingerprint density at radius 1 is 1.45 bits per heavy atom. The molecule has 4 nitrogen and oxygen atoms in total. The lowest BCUT2D eigenvalue weighted by Crippen LogP contribution is -2.42. The number of nitrogens with zero attached hydrogens (tertiary/aromatic N) is 1. The zero-order valence-corrected chi connectivity index (χ0v) is 14.1. The van der Waals surface area contributed by atoms with Crippen molar-refractivity contribution in [1.29, 1.82) is 0 Å². The summed E-state index contributed by atoms with van der Waals surface area (Å²) in [6, 6.07) is 2.35. The summed E-state index contributed by atoms with van der Waals surface area (Å²) in [5, 5.41) is 7.38. The van der Waals surface area contributed by atoms with Crippen molar-refractivity contribution in [1.82, 2.24) is 10.2 Å². The number of hydrogen-bond donors (Lipinski definition) is 1. The Hall–Kier alpha value is -0.910. The molecular weight excluding hydrogens is 296 g/mol. The molecule has 2 heterocycles. The van der Waals surface area contributed by atoms with Gasteiger partial charge in [-0.05, 0) is 54.0 Å². The number of amides is 1. The molecule has 0 aromatic carbocycles. The van der Waals surface area contributed by atoms with Crippen LogP contribution in [0.3, 0.4) is 0 Å². The third kappa shape index (κ3) is 4.31. The van der Waals surface area contributed by atoms with E-state index in [0.717, 1.165) is 44.3 Å². The minimum Gasteiger partial charge on any atom is -0.380 e. The fourth-order valence-corrected chi connectivity index (χ4v) is 4.09. The molecule has 1 amide bonds. The van der Waals surface area contributed by atoms with Gasteiger partial charge in [0.05, 0.1) is 13.0 Å². The summed E-state index contributed by atoms with van der Waals surface area (Å²) in [6.45, 7) is 6.67. The molecule has 1 aliphatic carbocycles. The fourth-order valence-electron chi connectivity index (χ4n) is 3.43. The maximum absolute atomic E-state index is 12.3. The van der Waals surface area contributed by atoms with E-state index in [0.29, 0.717) is 18.4 Å². The Balaban J connectivity index is 1.50. The van der Waals surface area contributed by atoms with Gasteiger partial charge in [-0.3, -0.25) is 9.69 Å². The van der Waals surface area contributed by atoms with Crippen LogP contribution in [-0.4, -0.2) is 49.7 Å². The summed E-state index contributed by atoms with van der Waals surface area (Å²) in [4.78, 5) is 14.7. The summed E-state index contributed by atoms with van der Waals surface area (Å²) >= 11 is 1.65. The van der Waals surface area contributed by atoms with Crippen LogP contribution in [0.5, 0.6) is 0 Å². The van der Waals surface area contributed by atoms with E-state index in [4.69, 9.17) is 4.74 Å². The minimum absolute atomic E-state index is 0.167. The van der Waals surface area contributed by atoms with E-state index in [9.17, 15) is 4.79 Å². The van der Waals surface area contributed by atoms with Crippen LogP contribution in [0.2, 0.25) is 0 Å². The molecule has 0 spiro atoms. The Bertz CT molecular complexity index is 473. The molecule has 1 aromatic rings. The summed E-state index contributed by atoms with van der Waals surface area (Å²) in [5.74, 6) is 1.62. The minimum atomic E-state index is 0.167. The van der Waals surface area contributed by atoms with Crippen molar-refractivity contribution in [3.63, 3.8) is 0 Å². The lowest BCUT2D eigenvalue weighted by Gasteiger charge is -2.19. The molecule has 1 aromatic heterocycles. The van der Waals surface area contributed by atoms with Crippen molar-refractivity contribution < 1.29 is 9.53 Å². The second-order valence-electron chi connectivity index (χ2n) is 6.44. The number of carbonyl (C=O) groups excluding carboxylic acids is 1. The molecule has 2 aliphatic rings. The predicted octanol–water partition coefficient (Wildman–Crippen LogP) is 2.15. The molecule has 0 radical (unpaired) electrons. The molecule has 1 saturated heterocycles. The largest absolute Gasteiger partial charge is 0.380 e. The third-order valence-corrected chi connectivity index (χ3v) is 5.45. The Kier molecular flexibility index (Phi) is 5.50. The third-order valence-electron chi connectivity index (χ3n) is 4.72. The molecule has 22 heavy (non-hydrogen) atoms. The summed E-state index contributed by atoms with van der Waals surface area (Å²) in [7, 11) is 0. The van der Waals surface area contributed by atoms with E-state index in [1.54, 1.807) is 11.3 Å². The summed E-state index contributed by atoms with van der Waals surface area (Å²) < 4.78 is 5.47. The van der Waals surface area contributed by atoms with Gasteiger partial charge in [-0.15, -0.1) is 0 Å². The van der Waals surface area contributed by atoms with Gasteiger partial charge in [0.15, 0.2) is 0 Å². The number of rotatable bonds is 8. The zero-order chi connectivity index (χ0) is 15.4. The van der Waals surface area contributed by atoms with Crippen LogP contribution in [0.1, 0.15) is 25.3 Å². The monoisotopic (exact) mass is 322 g/mol. The van der Waals surface area contributed by atoms with E-state index >= 15 is 0 Å². The van der Waals surface area contributed by atoms with Gasteiger partial charge in [0, 0.05) is 32.3 Å². The average molecular weight is 322 g/mol. The first-order valence-corrected chi connectivity index (χ1v) is 9.31. The van der Waals surface area contributed by atoms with Crippen LogP contribution in [0, 0.1) is 11.8 Å². The highest BCUT2D eigenvalue weighted by atomic mass is 32.1. The summed E-state index contributed by atoms with van der Waals surface area (Å²) in [6.07, 6.45) is 3.18. The molecule has 2 fully saturated rings. The second-order valence-corrected chi connectivity index (χ2v) is 7.22. The quantitative estimate of drug-likeness (QED) is 0.746. The van der Waals surface area contributed by atoms with Crippen molar-refractivity contribution in [2.45, 2.75) is 32.2 Å². The van der Waals surface area contributed by atoms with Gasteiger partial charge in [0.2, 0.25) is 5.91 Å². The molecular formula is C17H26N2O2S. The Morgan fingerprint density at radius 3 is 3.00 bits per heavy atom. The van der Waals surface area contributed by atoms with Crippen molar-refractivity contribution in [2.75, 3.05) is 32.8 Å². The SMILES string of the molecule is CCOCCN1C[C@@H](NC(=O)Cc2ccsc2)[C@H](C2CC2)C1. The first kappa shape index (κ1) is 16.0. The maximum Gasteiger partial charge on any atom is 0.224 e. The van der Waals surface area contributed by atoms with E-state index in [-0.39, 0.29) is 5.91 Å². The van der Waals surface area contributed by atoms with Gasteiger partial charge in [-0.1, -0.05) is 0 Å². The van der Waals surface area contributed by atoms with Crippen LogP contribution in [0.25, 0.3) is 0 Å². The molecule has 3 rings (SSSR count). The van der Waals surface area contributed by atoms with Gasteiger partial charge in [-0.2, -0.15) is 11.3 Å². The van der Waals surface area contributed by atoms with Crippen LogP contribution in [0.4, 0.5) is 0 Å². The number of likely N-dealkylation sites (tertiary alicyclic amines) is 1. The average Bonchev–Trinajstić information content (AvgIpc) is 3.07. The van der Waals surface area contributed by atoms with E-state index < -0.39 is 0 Å². The molecule has 122 valence electrons. The first-order chi connectivity index (χ1) is 10.8. The van der Waals surface area contributed by atoms with Gasteiger partial charge in [0.1, 0.15) is 0 Å². The molecule has 0 bridgehead atoms. The standard InChI is InChI=1S/C17H26N2O2S/c1-2-21-7-6-19-10-15(14-3-4-14)16(11-19)18-17(20)9-13-5-8-22-12-13/h5,8,12,14-16H,2-4,6-7,9-11H2,1H3,(H,18,20)/t15-,16+/m0/s1. The molecule has 1 N–H and O–H groups in total. The molecule has 5 heteroatoms. The van der Waals surface area contributed by atoms with Crippen LogP contribution >= 0.6 is 11.3 Å². The molecule has 0 unspecified atom stereocenters. The number of hydrogen-bond acceptors (Lipinski definition) is 4. The van der Waals surface area contributed by atoms with Crippen molar-refractivity contribution in [3.8, 4) is 0 Å². The van der Waals surface area contributed by atoms with Crippen LogP contribution < -0.4 is 5.32 Å². The number of carbonyl (C=O) groups is 1. The lowest BCUT2D eigenvalue weighted by atomic mass is 9.98. The molecule has 1 aliphatic heterocycles. The van der Waals surface area contributed by atoms with Gasteiger partial charge in [0.25, 0.3) is 0 Å². The van der Waals surface area contributed by atoms with Crippen LogP contribution in [-0.2, 0) is 16.0 Å². The van der Waals surface area contributed by atoms with Gasteiger partial charge in [-0.25, -0.2) is 0 Å². The highest BCUT2D eigenvalue weighted by Gasteiger charge is 2.42. The Labute approximate surface area is 136 Å². The highest BCUT2D eigenvalue weighted by molar-refractivity contribution is 7.07. The topological polar surface area (TPSA) is 41.6 Å². The van der Waals surface area contributed by atoms with Gasteiger partial charge >= 0.3 is 0 Å². The fraction of sp³-hybridized carbons (Fsp3) is 0.706. The predicted molar refractivity (Wildman–Crippen MR) is 89.1 cm³/mol. The number of nitrogens with one attached hydrogen (secondary N) is 1. The number of ether oxygens (including phenoxy) is 1. The Morgan fingerprint density at radius 2 is 2.32 bits per heavy atom. The zero-order valence-electron chi connectivity index (χ0n) is 13.3. The smallest absolute Gasteiger partial charge is 0.224 e. The van der Waals surface area contributed by atoms with Gasteiger partial charge < -0.3 is 10.1 Å². The van der Waals surface area contributed by atoms with Crippen LogP contribution in [0.15, 0.2) is 16.8 Å².